The summed E-state index contributed by atoms with van der Waals surface area (Å²) in [6.07, 6.45) is -0.602. The summed E-state index contributed by atoms with van der Waals surface area (Å²) in [6, 6.07) is 17.0. The largest absolute Gasteiger partial charge is 0.425 e. The topological polar surface area (TPSA) is 35.5 Å². The van der Waals surface area contributed by atoms with Crippen LogP contribution in [0.25, 0.3) is 0 Å². The van der Waals surface area contributed by atoms with Gasteiger partial charge in [0.1, 0.15) is 5.75 Å². The minimum atomic E-state index is -0.602. The predicted molar refractivity (Wildman–Crippen MR) is 85.5 cm³/mol. The Labute approximate surface area is 132 Å². The first-order valence-electron chi connectivity index (χ1n) is 6.28. The van der Waals surface area contributed by atoms with E-state index in [1.54, 1.807) is 19.1 Å². The molecule has 0 radical (unpaired) electrons. The number of hydrogen-bond donors (Lipinski definition) is 0. The molecule has 0 aliphatic carbocycles. The van der Waals surface area contributed by atoms with E-state index >= 15 is 0 Å². The molecule has 0 unspecified atom stereocenters. The lowest BCUT2D eigenvalue weighted by Crippen LogP contribution is -2.25. The van der Waals surface area contributed by atoms with Crippen molar-refractivity contribution in [3.05, 3.63) is 63.7 Å². The van der Waals surface area contributed by atoms with Gasteiger partial charge in [-0.05, 0) is 59.3 Å². The first kappa shape index (κ1) is 15.0. The van der Waals surface area contributed by atoms with Crippen LogP contribution < -0.4 is 4.74 Å². The third-order valence-electron chi connectivity index (χ3n) is 2.71. The van der Waals surface area contributed by atoms with E-state index in [1.807, 2.05) is 42.5 Å². The third kappa shape index (κ3) is 4.61. The summed E-state index contributed by atoms with van der Waals surface area (Å²) in [5.74, 6) is 0.143. The summed E-state index contributed by atoms with van der Waals surface area (Å²) in [7, 11) is 0. The number of para-hydroxylation sites is 1. The number of carbonyl (C=O) groups excluding carboxylic acids is 1. The SMILES string of the molecule is C[C@H](OCc1ccc(I)cc1)C(=O)Oc1ccccc1. The van der Waals surface area contributed by atoms with Crippen molar-refractivity contribution in [2.75, 3.05) is 0 Å². The van der Waals surface area contributed by atoms with Crippen molar-refractivity contribution in [2.45, 2.75) is 19.6 Å². The van der Waals surface area contributed by atoms with Gasteiger partial charge in [-0.2, -0.15) is 0 Å². The van der Waals surface area contributed by atoms with Crippen LogP contribution in [0.3, 0.4) is 0 Å². The summed E-state index contributed by atoms with van der Waals surface area (Å²) in [5.41, 5.74) is 1.03. The second kappa shape index (κ2) is 7.40. The van der Waals surface area contributed by atoms with Gasteiger partial charge in [0, 0.05) is 3.57 Å². The molecule has 0 bridgehead atoms. The smallest absolute Gasteiger partial charge is 0.340 e. The lowest BCUT2D eigenvalue weighted by atomic mass is 10.2. The van der Waals surface area contributed by atoms with Gasteiger partial charge < -0.3 is 9.47 Å². The molecule has 0 fully saturated rings. The first-order chi connectivity index (χ1) is 9.65. The van der Waals surface area contributed by atoms with Crippen molar-refractivity contribution < 1.29 is 14.3 Å². The molecule has 0 amide bonds. The van der Waals surface area contributed by atoms with Crippen molar-refractivity contribution in [3.63, 3.8) is 0 Å². The molecule has 20 heavy (non-hydrogen) atoms. The van der Waals surface area contributed by atoms with E-state index in [9.17, 15) is 4.79 Å². The molecule has 0 spiro atoms. The Hall–Kier alpha value is -1.40. The van der Waals surface area contributed by atoms with Gasteiger partial charge in [0.05, 0.1) is 6.61 Å². The molecule has 0 heterocycles. The van der Waals surface area contributed by atoms with Crippen LogP contribution in [-0.4, -0.2) is 12.1 Å². The Morgan fingerprint density at radius 3 is 2.40 bits per heavy atom. The number of esters is 1. The van der Waals surface area contributed by atoms with E-state index < -0.39 is 6.10 Å². The number of carbonyl (C=O) groups is 1. The van der Waals surface area contributed by atoms with Gasteiger partial charge in [0.15, 0.2) is 6.10 Å². The molecule has 0 aliphatic heterocycles. The molecule has 104 valence electrons. The maximum atomic E-state index is 11.8. The Morgan fingerprint density at radius 2 is 1.75 bits per heavy atom. The van der Waals surface area contributed by atoms with Crippen LogP contribution in [0.15, 0.2) is 54.6 Å². The summed E-state index contributed by atoms with van der Waals surface area (Å²) >= 11 is 2.25. The molecule has 0 saturated heterocycles. The van der Waals surface area contributed by atoms with Crippen LogP contribution in [0, 0.1) is 3.57 Å². The van der Waals surface area contributed by atoms with Crippen LogP contribution in [0.4, 0.5) is 0 Å². The summed E-state index contributed by atoms with van der Waals surface area (Å²) in [5, 5.41) is 0. The maximum absolute atomic E-state index is 11.8. The van der Waals surface area contributed by atoms with Gasteiger partial charge in [-0.1, -0.05) is 30.3 Å². The summed E-state index contributed by atoms with van der Waals surface area (Å²) in [6.45, 7) is 2.08. The molecule has 3 nitrogen and oxygen atoms in total. The van der Waals surface area contributed by atoms with Crippen LogP contribution in [-0.2, 0) is 16.1 Å². The highest BCUT2D eigenvalue weighted by Crippen LogP contribution is 2.12. The molecular weight excluding hydrogens is 367 g/mol. The van der Waals surface area contributed by atoms with E-state index in [1.165, 1.54) is 3.57 Å². The molecule has 1 atom stereocenters. The number of hydrogen-bond acceptors (Lipinski definition) is 3. The Morgan fingerprint density at radius 1 is 1.10 bits per heavy atom. The predicted octanol–water partition coefficient (Wildman–Crippen LogP) is 3.80. The minimum Gasteiger partial charge on any atom is -0.425 e. The van der Waals surface area contributed by atoms with Gasteiger partial charge in [-0.3, -0.25) is 0 Å². The molecule has 2 aromatic carbocycles. The highest BCUT2D eigenvalue weighted by Gasteiger charge is 2.15. The number of benzene rings is 2. The van der Waals surface area contributed by atoms with E-state index in [2.05, 4.69) is 22.6 Å². The van der Waals surface area contributed by atoms with Gasteiger partial charge in [0.2, 0.25) is 0 Å². The molecule has 0 N–H and O–H groups in total. The zero-order valence-corrected chi connectivity index (χ0v) is 13.2. The van der Waals surface area contributed by atoms with E-state index in [0.717, 1.165) is 5.56 Å². The lowest BCUT2D eigenvalue weighted by molar-refractivity contribution is -0.147. The molecule has 2 aromatic rings. The fourth-order valence-electron chi connectivity index (χ4n) is 1.56. The monoisotopic (exact) mass is 382 g/mol. The molecule has 0 saturated carbocycles. The second-order valence-electron chi connectivity index (χ2n) is 4.31. The summed E-state index contributed by atoms with van der Waals surface area (Å²) in [4.78, 5) is 11.8. The fourth-order valence-corrected chi connectivity index (χ4v) is 1.92. The zero-order valence-electron chi connectivity index (χ0n) is 11.1. The van der Waals surface area contributed by atoms with Crippen LogP contribution in [0.1, 0.15) is 12.5 Å². The third-order valence-corrected chi connectivity index (χ3v) is 3.43. The average molecular weight is 382 g/mol. The Bertz CT molecular complexity index is 552. The van der Waals surface area contributed by atoms with Gasteiger partial charge in [0.25, 0.3) is 0 Å². The van der Waals surface area contributed by atoms with Crippen LogP contribution in [0.5, 0.6) is 5.75 Å². The van der Waals surface area contributed by atoms with E-state index in [-0.39, 0.29) is 5.97 Å². The van der Waals surface area contributed by atoms with E-state index in [0.29, 0.717) is 12.4 Å². The minimum absolute atomic E-state index is 0.387. The number of halogens is 1. The second-order valence-corrected chi connectivity index (χ2v) is 5.56. The quantitative estimate of drug-likeness (QED) is 0.448. The normalized spacial score (nSPS) is 11.9. The molecule has 0 aliphatic rings. The van der Waals surface area contributed by atoms with Crippen molar-refractivity contribution in [3.8, 4) is 5.75 Å². The average Bonchev–Trinajstić information content (AvgIpc) is 2.47. The molecule has 0 aromatic heterocycles. The van der Waals surface area contributed by atoms with Gasteiger partial charge in [-0.25, -0.2) is 4.79 Å². The van der Waals surface area contributed by atoms with Gasteiger partial charge >= 0.3 is 5.97 Å². The van der Waals surface area contributed by atoms with Gasteiger partial charge in [-0.15, -0.1) is 0 Å². The standard InChI is InChI=1S/C16H15IO3/c1-12(16(18)20-15-5-3-2-4-6-15)19-11-13-7-9-14(17)10-8-13/h2-10,12H,11H2,1H3/t12-/m0/s1. The van der Waals surface area contributed by atoms with Crippen LogP contribution >= 0.6 is 22.6 Å². The van der Waals surface area contributed by atoms with Crippen molar-refractivity contribution >= 4 is 28.6 Å². The Balaban J connectivity index is 1.83. The summed E-state index contributed by atoms with van der Waals surface area (Å²) < 4.78 is 11.9. The molecule has 4 heteroatoms. The zero-order chi connectivity index (χ0) is 14.4. The highest BCUT2D eigenvalue weighted by molar-refractivity contribution is 14.1. The lowest BCUT2D eigenvalue weighted by Gasteiger charge is -2.12. The Kier molecular flexibility index (Phi) is 5.55. The molecular formula is C16H15IO3. The highest BCUT2D eigenvalue weighted by atomic mass is 127. The van der Waals surface area contributed by atoms with Crippen LogP contribution in [0.2, 0.25) is 0 Å². The van der Waals surface area contributed by atoms with E-state index in [4.69, 9.17) is 9.47 Å². The fraction of sp³-hybridized carbons (Fsp3) is 0.188. The maximum Gasteiger partial charge on any atom is 0.340 e. The van der Waals surface area contributed by atoms with Crippen molar-refractivity contribution in [2.24, 2.45) is 0 Å². The van der Waals surface area contributed by atoms with Crippen molar-refractivity contribution in [1.82, 2.24) is 0 Å². The first-order valence-corrected chi connectivity index (χ1v) is 7.36. The number of rotatable bonds is 5. The number of ether oxygens (including phenoxy) is 2. The molecule has 2 rings (SSSR count). The van der Waals surface area contributed by atoms with Crippen molar-refractivity contribution in [1.29, 1.82) is 0 Å².